The second kappa shape index (κ2) is 8.33. The minimum atomic E-state index is -0.104. The first-order valence-corrected chi connectivity index (χ1v) is 9.37. The van der Waals surface area contributed by atoms with E-state index >= 15 is 0 Å². The summed E-state index contributed by atoms with van der Waals surface area (Å²) in [6.45, 7) is 2.37. The number of para-hydroxylation sites is 1. The standard InChI is InChI=1S/C19H18N2O3S2/c1-13-5-3-4-6-16(13)24-11-15-9-14(7-8-17(15)23-2)10-20-21-18(22)12-26-19(21)25/h3-10H,11-12H2,1-2H3. The van der Waals surface area contributed by atoms with Crippen LogP contribution in [0.5, 0.6) is 11.5 Å². The molecule has 0 unspecified atom stereocenters. The molecule has 1 fully saturated rings. The molecule has 1 saturated heterocycles. The van der Waals surface area contributed by atoms with Crippen LogP contribution in [0, 0.1) is 6.92 Å². The average Bonchev–Trinajstić information content (AvgIpc) is 2.97. The van der Waals surface area contributed by atoms with Crippen molar-refractivity contribution in [2.45, 2.75) is 13.5 Å². The third-order valence-corrected chi connectivity index (χ3v) is 5.17. The number of carbonyl (C=O) groups excluding carboxylic acids is 1. The van der Waals surface area contributed by atoms with Crippen LogP contribution in [0.3, 0.4) is 0 Å². The molecule has 26 heavy (non-hydrogen) atoms. The first-order chi connectivity index (χ1) is 12.6. The SMILES string of the molecule is COc1ccc(C=NN2C(=O)CSC2=S)cc1COc1ccccc1C. The van der Waals surface area contributed by atoms with Crippen molar-refractivity contribution in [3.05, 3.63) is 59.2 Å². The van der Waals surface area contributed by atoms with Gasteiger partial charge in [0.25, 0.3) is 5.91 Å². The Morgan fingerprint density at radius 2 is 2.08 bits per heavy atom. The maximum atomic E-state index is 11.7. The van der Waals surface area contributed by atoms with Gasteiger partial charge in [0, 0.05) is 5.56 Å². The van der Waals surface area contributed by atoms with Crippen molar-refractivity contribution in [1.29, 1.82) is 0 Å². The summed E-state index contributed by atoms with van der Waals surface area (Å²) in [5, 5.41) is 5.46. The molecule has 0 aliphatic carbocycles. The zero-order valence-electron chi connectivity index (χ0n) is 14.5. The van der Waals surface area contributed by atoms with Crippen LogP contribution in [0.4, 0.5) is 0 Å². The molecule has 0 saturated carbocycles. The molecule has 1 heterocycles. The number of hydrogen-bond donors (Lipinski definition) is 0. The summed E-state index contributed by atoms with van der Waals surface area (Å²) >= 11 is 6.44. The number of amides is 1. The van der Waals surface area contributed by atoms with E-state index < -0.39 is 0 Å². The zero-order valence-corrected chi connectivity index (χ0v) is 16.1. The van der Waals surface area contributed by atoms with Gasteiger partial charge in [0.2, 0.25) is 0 Å². The fraction of sp³-hybridized carbons (Fsp3) is 0.211. The fourth-order valence-corrected chi connectivity index (χ4v) is 3.42. The molecular weight excluding hydrogens is 368 g/mol. The van der Waals surface area contributed by atoms with Crippen molar-refractivity contribution in [3.63, 3.8) is 0 Å². The summed E-state index contributed by atoms with van der Waals surface area (Å²) in [5.74, 6) is 1.81. The van der Waals surface area contributed by atoms with E-state index in [0.717, 1.165) is 28.2 Å². The van der Waals surface area contributed by atoms with Gasteiger partial charge < -0.3 is 9.47 Å². The van der Waals surface area contributed by atoms with Gasteiger partial charge in [-0.2, -0.15) is 10.1 Å². The molecule has 0 atom stereocenters. The second-order valence-electron chi connectivity index (χ2n) is 5.63. The van der Waals surface area contributed by atoms with Gasteiger partial charge in [-0.3, -0.25) is 4.79 Å². The van der Waals surface area contributed by atoms with Gasteiger partial charge in [0.05, 0.1) is 19.1 Å². The van der Waals surface area contributed by atoms with Crippen molar-refractivity contribution < 1.29 is 14.3 Å². The summed E-state index contributed by atoms with van der Waals surface area (Å²) in [4.78, 5) is 11.7. The van der Waals surface area contributed by atoms with Gasteiger partial charge in [0.15, 0.2) is 4.32 Å². The van der Waals surface area contributed by atoms with Gasteiger partial charge in [-0.05, 0) is 42.3 Å². The maximum Gasteiger partial charge on any atom is 0.259 e. The molecule has 1 aliphatic rings. The maximum absolute atomic E-state index is 11.7. The van der Waals surface area contributed by atoms with Crippen LogP contribution in [-0.4, -0.2) is 34.3 Å². The first-order valence-electron chi connectivity index (χ1n) is 7.97. The lowest BCUT2D eigenvalue weighted by atomic mass is 10.1. The van der Waals surface area contributed by atoms with E-state index in [4.69, 9.17) is 21.7 Å². The lowest BCUT2D eigenvalue weighted by Crippen LogP contribution is -2.22. The van der Waals surface area contributed by atoms with Crippen LogP contribution in [0.1, 0.15) is 16.7 Å². The number of rotatable bonds is 6. The minimum absolute atomic E-state index is 0.104. The van der Waals surface area contributed by atoms with E-state index in [2.05, 4.69) is 5.10 Å². The molecule has 1 amide bonds. The minimum Gasteiger partial charge on any atom is -0.496 e. The smallest absolute Gasteiger partial charge is 0.259 e. The van der Waals surface area contributed by atoms with Crippen molar-refractivity contribution >= 4 is 40.4 Å². The highest BCUT2D eigenvalue weighted by atomic mass is 32.2. The van der Waals surface area contributed by atoms with E-state index in [0.29, 0.717) is 16.7 Å². The molecule has 134 valence electrons. The predicted molar refractivity (Wildman–Crippen MR) is 108 cm³/mol. The van der Waals surface area contributed by atoms with Crippen molar-refractivity contribution in [2.24, 2.45) is 5.10 Å². The largest absolute Gasteiger partial charge is 0.496 e. The molecule has 7 heteroatoms. The third kappa shape index (κ3) is 4.23. The summed E-state index contributed by atoms with van der Waals surface area (Å²) < 4.78 is 11.8. The first kappa shape index (κ1) is 18.4. The van der Waals surface area contributed by atoms with Gasteiger partial charge >= 0.3 is 0 Å². The fourth-order valence-electron chi connectivity index (χ4n) is 2.45. The second-order valence-corrected chi connectivity index (χ2v) is 7.24. The molecule has 0 radical (unpaired) electrons. The molecule has 0 N–H and O–H groups in total. The van der Waals surface area contributed by atoms with Gasteiger partial charge in [-0.15, -0.1) is 0 Å². The molecule has 5 nitrogen and oxygen atoms in total. The van der Waals surface area contributed by atoms with Crippen LogP contribution < -0.4 is 9.47 Å². The Kier molecular flexibility index (Phi) is 5.90. The summed E-state index contributed by atoms with van der Waals surface area (Å²) in [7, 11) is 1.62. The van der Waals surface area contributed by atoms with Crippen molar-refractivity contribution in [1.82, 2.24) is 5.01 Å². The highest BCUT2D eigenvalue weighted by molar-refractivity contribution is 8.23. The average molecular weight is 386 g/mol. The van der Waals surface area contributed by atoms with Crippen LogP contribution in [0.2, 0.25) is 0 Å². The van der Waals surface area contributed by atoms with E-state index in [1.54, 1.807) is 13.3 Å². The number of carbonyl (C=O) groups is 1. The van der Waals surface area contributed by atoms with E-state index in [1.807, 2.05) is 49.4 Å². The van der Waals surface area contributed by atoms with E-state index in [9.17, 15) is 4.79 Å². The topological polar surface area (TPSA) is 51.1 Å². The predicted octanol–water partition coefficient (Wildman–Crippen LogP) is 3.78. The van der Waals surface area contributed by atoms with Crippen molar-refractivity contribution in [2.75, 3.05) is 12.9 Å². The zero-order chi connectivity index (χ0) is 18.5. The molecule has 3 rings (SSSR count). The number of hydrazone groups is 1. The third-order valence-electron chi connectivity index (χ3n) is 3.83. The molecule has 2 aromatic rings. The molecule has 2 aromatic carbocycles. The van der Waals surface area contributed by atoms with Crippen LogP contribution in [0.15, 0.2) is 47.6 Å². The lowest BCUT2D eigenvalue weighted by molar-refractivity contribution is -0.123. The molecule has 0 aromatic heterocycles. The Hall–Kier alpha value is -2.38. The Morgan fingerprint density at radius 1 is 1.27 bits per heavy atom. The van der Waals surface area contributed by atoms with Crippen LogP contribution in [-0.2, 0) is 11.4 Å². The number of methoxy groups -OCH3 is 1. The van der Waals surface area contributed by atoms with E-state index in [1.165, 1.54) is 16.8 Å². The molecule has 0 bridgehead atoms. The monoisotopic (exact) mass is 386 g/mol. The summed E-state index contributed by atoms with van der Waals surface area (Å²) in [6.07, 6.45) is 1.62. The van der Waals surface area contributed by atoms with Crippen LogP contribution >= 0.6 is 24.0 Å². The number of ether oxygens (including phenoxy) is 2. The van der Waals surface area contributed by atoms with Gasteiger partial charge in [-0.25, -0.2) is 0 Å². The summed E-state index contributed by atoms with van der Waals surface area (Å²) in [5.41, 5.74) is 2.80. The highest BCUT2D eigenvalue weighted by Crippen LogP contribution is 2.24. The normalized spacial score (nSPS) is 14.3. The Bertz CT molecular complexity index is 852. The number of nitrogens with zero attached hydrogens (tertiary/aromatic N) is 2. The van der Waals surface area contributed by atoms with E-state index in [-0.39, 0.29) is 5.91 Å². The Balaban J connectivity index is 1.77. The van der Waals surface area contributed by atoms with Gasteiger partial charge in [-0.1, -0.05) is 42.2 Å². The molecule has 1 aliphatic heterocycles. The Morgan fingerprint density at radius 3 is 2.77 bits per heavy atom. The van der Waals surface area contributed by atoms with Crippen LogP contribution in [0.25, 0.3) is 0 Å². The number of thiocarbonyl (C=S) groups is 1. The number of thioether (sulfide) groups is 1. The number of hydrogen-bond acceptors (Lipinski definition) is 6. The molecule has 0 spiro atoms. The van der Waals surface area contributed by atoms with Crippen molar-refractivity contribution in [3.8, 4) is 11.5 Å². The lowest BCUT2D eigenvalue weighted by Gasteiger charge is -2.13. The summed E-state index contributed by atoms with van der Waals surface area (Å²) in [6, 6.07) is 13.5. The quantitative estimate of drug-likeness (QED) is 0.559. The van der Waals surface area contributed by atoms with Gasteiger partial charge in [0.1, 0.15) is 18.1 Å². The number of benzene rings is 2. The molecular formula is C19H18N2O3S2. The highest BCUT2D eigenvalue weighted by Gasteiger charge is 2.25. The Labute approximate surface area is 162 Å². The number of aryl methyl sites for hydroxylation is 1.